The molecule has 1 fully saturated rings. The predicted molar refractivity (Wildman–Crippen MR) is 95.0 cm³/mol. The summed E-state index contributed by atoms with van der Waals surface area (Å²) in [6, 6.07) is 5.51. The van der Waals surface area contributed by atoms with Crippen LogP contribution in [0.25, 0.3) is 5.76 Å². The first-order chi connectivity index (χ1) is 11.3. The van der Waals surface area contributed by atoms with Crippen molar-refractivity contribution in [2.24, 2.45) is 17.3 Å². The third-order valence-corrected chi connectivity index (χ3v) is 5.73. The lowest BCUT2D eigenvalue weighted by Crippen LogP contribution is -2.27. The highest BCUT2D eigenvalue weighted by Crippen LogP contribution is 2.41. The van der Waals surface area contributed by atoms with Crippen LogP contribution in [-0.2, 0) is 11.2 Å². The van der Waals surface area contributed by atoms with E-state index in [4.69, 9.17) is 0 Å². The van der Waals surface area contributed by atoms with Crippen LogP contribution in [0.15, 0.2) is 24.3 Å². The van der Waals surface area contributed by atoms with Crippen molar-refractivity contribution < 1.29 is 14.7 Å². The van der Waals surface area contributed by atoms with Gasteiger partial charge in [0.05, 0.1) is 0 Å². The van der Waals surface area contributed by atoms with E-state index in [-0.39, 0.29) is 5.76 Å². The highest BCUT2D eigenvalue weighted by molar-refractivity contribution is 6.50. The molecule has 1 aromatic rings. The maximum Gasteiger partial charge on any atom is 0.234 e. The van der Waals surface area contributed by atoms with E-state index in [0.717, 1.165) is 36.8 Å². The Kier molecular flexibility index (Phi) is 4.37. The van der Waals surface area contributed by atoms with Gasteiger partial charge in [0, 0.05) is 17.2 Å². The highest BCUT2D eigenvalue weighted by Gasteiger charge is 2.32. The molecule has 128 valence electrons. The summed E-state index contributed by atoms with van der Waals surface area (Å²) in [6.07, 6.45) is 6.61. The fourth-order valence-electron chi connectivity index (χ4n) is 4.19. The van der Waals surface area contributed by atoms with Crippen molar-refractivity contribution in [3.63, 3.8) is 0 Å². The largest absolute Gasteiger partial charge is 0.507 e. The van der Waals surface area contributed by atoms with Crippen LogP contribution in [0.5, 0.6) is 0 Å². The normalized spacial score (nSPS) is 24.5. The second-order valence-corrected chi connectivity index (χ2v) is 8.35. The van der Waals surface area contributed by atoms with Crippen LogP contribution in [-0.4, -0.2) is 16.7 Å². The maximum absolute atomic E-state index is 12.3. The molecule has 0 unspecified atom stereocenters. The predicted octanol–water partition coefficient (Wildman–Crippen LogP) is 4.75. The minimum absolute atomic E-state index is 0.0899. The Morgan fingerprint density at radius 1 is 1.08 bits per heavy atom. The molecule has 0 amide bonds. The number of aliphatic hydroxyl groups is 1. The number of fused-ring (bicyclic) bond motifs is 1. The van der Waals surface area contributed by atoms with E-state index in [2.05, 4.69) is 20.8 Å². The van der Waals surface area contributed by atoms with Crippen LogP contribution in [0.2, 0.25) is 0 Å². The van der Waals surface area contributed by atoms with Gasteiger partial charge in [0.2, 0.25) is 11.6 Å². The number of Topliss-reactive ketones (excluding diaryl/α,β-unsaturated/α-hetero) is 1. The van der Waals surface area contributed by atoms with Crippen LogP contribution in [0, 0.1) is 17.3 Å². The molecule has 1 N–H and O–H groups in total. The summed E-state index contributed by atoms with van der Waals surface area (Å²) >= 11 is 0. The molecule has 1 aromatic carbocycles. The van der Waals surface area contributed by atoms with E-state index in [9.17, 15) is 14.7 Å². The van der Waals surface area contributed by atoms with E-state index in [1.54, 1.807) is 6.07 Å². The molecule has 0 aromatic heterocycles. The van der Waals surface area contributed by atoms with Gasteiger partial charge in [-0.15, -0.1) is 0 Å². The number of hydrogen-bond acceptors (Lipinski definition) is 3. The van der Waals surface area contributed by atoms with Gasteiger partial charge >= 0.3 is 0 Å². The first kappa shape index (κ1) is 16.9. The van der Waals surface area contributed by atoms with Crippen LogP contribution in [0.3, 0.4) is 0 Å². The molecule has 2 aliphatic carbocycles. The molecule has 2 aliphatic rings. The summed E-state index contributed by atoms with van der Waals surface area (Å²) in [7, 11) is 0. The average molecular weight is 326 g/mol. The average Bonchev–Trinajstić information content (AvgIpc) is 2.52. The van der Waals surface area contributed by atoms with Gasteiger partial charge in [0.25, 0.3) is 0 Å². The smallest absolute Gasteiger partial charge is 0.234 e. The van der Waals surface area contributed by atoms with E-state index in [1.165, 1.54) is 12.8 Å². The maximum atomic E-state index is 12.3. The lowest BCUT2D eigenvalue weighted by Gasteiger charge is -2.37. The first-order valence-corrected chi connectivity index (χ1v) is 8.89. The Balaban J connectivity index is 1.79. The molecule has 3 heteroatoms. The van der Waals surface area contributed by atoms with Gasteiger partial charge in [-0.05, 0) is 54.9 Å². The molecule has 0 heterocycles. The molecular formula is C21H26O3. The van der Waals surface area contributed by atoms with Gasteiger partial charge in [-0.25, -0.2) is 0 Å². The minimum atomic E-state index is -0.621. The number of aliphatic hydroxyl groups excluding tert-OH is 1. The number of hydrogen-bond donors (Lipinski definition) is 1. The zero-order chi connectivity index (χ0) is 17.5. The fourth-order valence-corrected chi connectivity index (χ4v) is 4.19. The van der Waals surface area contributed by atoms with Crippen molar-refractivity contribution in [1.29, 1.82) is 0 Å². The Bertz CT molecular complexity index is 698. The lowest BCUT2D eigenvalue weighted by molar-refractivity contribution is -0.111. The van der Waals surface area contributed by atoms with Crippen LogP contribution >= 0.6 is 0 Å². The molecule has 0 spiro atoms. The molecular weight excluding hydrogens is 300 g/mol. The van der Waals surface area contributed by atoms with Crippen LogP contribution in [0.1, 0.15) is 67.9 Å². The van der Waals surface area contributed by atoms with Crippen molar-refractivity contribution in [1.82, 2.24) is 0 Å². The zero-order valence-corrected chi connectivity index (χ0v) is 14.8. The number of benzene rings is 1. The number of allylic oxidation sites excluding steroid dienone is 1. The molecule has 0 radical (unpaired) electrons. The topological polar surface area (TPSA) is 54.4 Å². The summed E-state index contributed by atoms with van der Waals surface area (Å²) in [5.74, 6) is 0.109. The fraction of sp³-hybridized carbons (Fsp3) is 0.524. The van der Waals surface area contributed by atoms with Gasteiger partial charge in [0.1, 0.15) is 5.76 Å². The molecule has 0 aliphatic heterocycles. The van der Waals surface area contributed by atoms with E-state index in [1.807, 2.05) is 12.1 Å². The SMILES string of the molecule is CC(C)(C)C1CCC(Cc2cccc3c2C(=O)C(=O)C=C3O)CC1. The van der Waals surface area contributed by atoms with Gasteiger partial charge in [-0.3, -0.25) is 9.59 Å². The zero-order valence-electron chi connectivity index (χ0n) is 14.8. The summed E-state index contributed by atoms with van der Waals surface area (Å²) < 4.78 is 0. The Morgan fingerprint density at radius 2 is 1.75 bits per heavy atom. The molecule has 0 bridgehead atoms. The lowest BCUT2D eigenvalue weighted by atomic mass is 9.68. The molecule has 0 atom stereocenters. The van der Waals surface area contributed by atoms with E-state index in [0.29, 0.717) is 22.5 Å². The standard InChI is InChI=1S/C21H26O3/c1-21(2,3)15-9-7-13(8-10-15)11-14-5-4-6-16-17(22)12-18(23)20(24)19(14)16/h4-6,12-13,15,22H,7-11H2,1-3H3. The van der Waals surface area contributed by atoms with Gasteiger partial charge in [0.15, 0.2) is 0 Å². The van der Waals surface area contributed by atoms with Crippen molar-refractivity contribution in [2.75, 3.05) is 0 Å². The van der Waals surface area contributed by atoms with Crippen molar-refractivity contribution in [3.8, 4) is 0 Å². The Labute approximate surface area is 143 Å². The summed E-state index contributed by atoms with van der Waals surface area (Å²) in [6.45, 7) is 6.93. The third-order valence-electron chi connectivity index (χ3n) is 5.73. The number of ketones is 2. The highest BCUT2D eigenvalue weighted by atomic mass is 16.3. The summed E-state index contributed by atoms with van der Waals surface area (Å²) in [4.78, 5) is 24.1. The Hall–Kier alpha value is -1.90. The molecule has 1 saturated carbocycles. The van der Waals surface area contributed by atoms with Gasteiger partial charge in [-0.1, -0.05) is 39.0 Å². The van der Waals surface area contributed by atoms with Gasteiger partial charge < -0.3 is 5.11 Å². The van der Waals surface area contributed by atoms with Crippen molar-refractivity contribution in [2.45, 2.75) is 52.9 Å². The number of carbonyl (C=O) groups is 2. The number of rotatable bonds is 2. The van der Waals surface area contributed by atoms with Crippen LogP contribution < -0.4 is 0 Å². The van der Waals surface area contributed by atoms with Crippen LogP contribution in [0.4, 0.5) is 0 Å². The van der Waals surface area contributed by atoms with E-state index >= 15 is 0 Å². The quantitative estimate of drug-likeness (QED) is 0.798. The van der Waals surface area contributed by atoms with Gasteiger partial charge in [-0.2, -0.15) is 0 Å². The van der Waals surface area contributed by atoms with E-state index < -0.39 is 11.6 Å². The molecule has 24 heavy (non-hydrogen) atoms. The number of carbonyl (C=O) groups excluding carboxylic acids is 2. The molecule has 0 saturated heterocycles. The molecule has 3 nitrogen and oxygen atoms in total. The van der Waals surface area contributed by atoms with Crippen molar-refractivity contribution in [3.05, 3.63) is 41.0 Å². The molecule has 3 rings (SSSR count). The monoisotopic (exact) mass is 326 g/mol. The minimum Gasteiger partial charge on any atom is -0.507 e. The third kappa shape index (κ3) is 3.17. The first-order valence-electron chi connectivity index (χ1n) is 8.89. The van der Waals surface area contributed by atoms with Crippen molar-refractivity contribution >= 4 is 17.3 Å². The second-order valence-electron chi connectivity index (χ2n) is 8.35. The Morgan fingerprint density at radius 3 is 2.38 bits per heavy atom. The second kappa shape index (κ2) is 6.19. The summed E-state index contributed by atoms with van der Waals surface area (Å²) in [5, 5.41) is 9.99. The summed E-state index contributed by atoms with van der Waals surface area (Å²) in [5.41, 5.74) is 2.18.